The fourth-order valence-electron chi connectivity index (χ4n) is 2.52. The van der Waals surface area contributed by atoms with Gasteiger partial charge in [-0.2, -0.15) is 9.97 Å². The number of carbonyl (C=O) groups excluding carboxylic acids is 1. The summed E-state index contributed by atoms with van der Waals surface area (Å²) in [6.45, 7) is 1.32. The summed E-state index contributed by atoms with van der Waals surface area (Å²) in [6, 6.07) is 7.28. The zero-order valence-corrected chi connectivity index (χ0v) is 15.9. The zero-order valence-electron chi connectivity index (χ0n) is 14.4. The molecule has 0 radical (unpaired) electrons. The van der Waals surface area contributed by atoms with Crippen LogP contribution in [0.5, 0.6) is 0 Å². The molecule has 1 amide bonds. The van der Waals surface area contributed by atoms with Crippen LogP contribution in [0.2, 0.25) is 10.3 Å². The van der Waals surface area contributed by atoms with Gasteiger partial charge in [0.2, 0.25) is 5.28 Å². The number of nitrogens with one attached hydrogen (secondary N) is 1. The molecule has 27 heavy (non-hydrogen) atoms. The van der Waals surface area contributed by atoms with Crippen LogP contribution < -0.4 is 11.1 Å². The van der Waals surface area contributed by atoms with Gasteiger partial charge in [0.15, 0.2) is 11.5 Å². The van der Waals surface area contributed by atoms with Gasteiger partial charge in [-0.25, -0.2) is 9.78 Å². The summed E-state index contributed by atoms with van der Waals surface area (Å²) >= 11 is 11.7. The van der Waals surface area contributed by atoms with Crippen LogP contribution in [-0.2, 0) is 17.8 Å². The van der Waals surface area contributed by atoms with Crippen molar-refractivity contribution in [3.05, 3.63) is 46.5 Å². The van der Waals surface area contributed by atoms with E-state index in [0.29, 0.717) is 42.3 Å². The van der Waals surface area contributed by atoms with Crippen molar-refractivity contribution in [2.45, 2.75) is 25.9 Å². The molecular formula is C17H18Cl2N6O2. The molecule has 0 saturated carbocycles. The van der Waals surface area contributed by atoms with Gasteiger partial charge in [0.05, 0.1) is 12.9 Å². The fraction of sp³-hybridized carbons (Fsp3) is 0.294. The minimum atomic E-state index is -0.463. The van der Waals surface area contributed by atoms with Gasteiger partial charge in [0.25, 0.3) is 0 Å². The van der Waals surface area contributed by atoms with E-state index in [1.54, 1.807) is 18.5 Å². The maximum absolute atomic E-state index is 11.7. The lowest BCUT2D eigenvalue weighted by molar-refractivity contribution is 0.143. The minimum absolute atomic E-state index is 0.0847. The van der Waals surface area contributed by atoms with E-state index in [4.69, 9.17) is 33.7 Å². The van der Waals surface area contributed by atoms with Crippen molar-refractivity contribution in [2.24, 2.45) is 0 Å². The Labute approximate surface area is 165 Å². The highest BCUT2D eigenvalue weighted by molar-refractivity contribution is 6.30. The van der Waals surface area contributed by atoms with Crippen molar-refractivity contribution in [2.75, 3.05) is 12.3 Å². The molecule has 8 nitrogen and oxygen atoms in total. The Morgan fingerprint density at radius 3 is 2.93 bits per heavy atom. The molecule has 0 aliphatic heterocycles. The number of hydrogen-bond donors (Lipinski definition) is 2. The van der Waals surface area contributed by atoms with Crippen LogP contribution in [0.4, 0.5) is 10.6 Å². The first-order chi connectivity index (χ1) is 13.0. The largest absolute Gasteiger partial charge is 0.450 e. The zero-order chi connectivity index (χ0) is 19.2. The summed E-state index contributed by atoms with van der Waals surface area (Å²) in [7, 11) is 0. The molecule has 1 aromatic carbocycles. The molecule has 10 heteroatoms. The van der Waals surface area contributed by atoms with Crippen LogP contribution in [0.1, 0.15) is 18.4 Å². The van der Waals surface area contributed by atoms with Gasteiger partial charge in [-0.1, -0.05) is 23.7 Å². The molecule has 3 rings (SSSR count). The summed E-state index contributed by atoms with van der Waals surface area (Å²) in [5, 5.41) is 3.40. The van der Waals surface area contributed by atoms with Crippen molar-refractivity contribution < 1.29 is 9.53 Å². The second kappa shape index (κ2) is 8.88. The first-order valence-corrected chi connectivity index (χ1v) is 9.07. The maximum Gasteiger partial charge on any atom is 0.407 e. The number of amides is 1. The Morgan fingerprint density at radius 2 is 2.11 bits per heavy atom. The van der Waals surface area contributed by atoms with Gasteiger partial charge < -0.3 is 20.4 Å². The number of rotatable bonds is 7. The SMILES string of the molecule is Nc1nc(Cl)nc2c1ncn2CCCCOC(=O)NCc1cccc(Cl)c1. The fourth-order valence-corrected chi connectivity index (χ4v) is 2.91. The van der Waals surface area contributed by atoms with E-state index in [2.05, 4.69) is 20.3 Å². The number of benzene rings is 1. The van der Waals surface area contributed by atoms with Crippen molar-refractivity contribution in [1.82, 2.24) is 24.8 Å². The molecule has 2 heterocycles. The van der Waals surface area contributed by atoms with Crippen molar-refractivity contribution in [1.29, 1.82) is 0 Å². The Hall–Kier alpha value is -2.58. The van der Waals surface area contributed by atoms with Crippen LogP contribution >= 0.6 is 23.2 Å². The number of hydrogen-bond acceptors (Lipinski definition) is 6. The van der Waals surface area contributed by atoms with Crippen molar-refractivity contribution >= 4 is 46.3 Å². The lowest BCUT2D eigenvalue weighted by atomic mass is 10.2. The third kappa shape index (κ3) is 5.21. The Kier molecular flexibility index (Phi) is 6.31. The van der Waals surface area contributed by atoms with E-state index in [1.807, 2.05) is 16.7 Å². The van der Waals surface area contributed by atoms with E-state index in [0.717, 1.165) is 12.0 Å². The molecule has 0 aliphatic carbocycles. The smallest absolute Gasteiger partial charge is 0.407 e. The predicted octanol–water partition coefficient (Wildman–Crippen LogP) is 3.42. The molecule has 0 bridgehead atoms. The Balaban J connectivity index is 1.39. The number of anilines is 1. The molecular weight excluding hydrogens is 391 g/mol. The molecule has 3 aromatic rings. The number of carbonyl (C=O) groups is 1. The number of halogens is 2. The van der Waals surface area contributed by atoms with Crippen LogP contribution in [0.15, 0.2) is 30.6 Å². The normalized spacial score (nSPS) is 10.9. The average Bonchev–Trinajstić information content (AvgIpc) is 3.03. The molecule has 0 saturated heterocycles. The van der Waals surface area contributed by atoms with E-state index in [9.17, 15) is 4.79 Å². The first kappa shape index (κ1) is 19.2. The van der Waals surface area contributed by atoms with Gasteiger partial charge >= 0.3 is 6.09 Å². The number of nitrogen functional groups attached to an aromatic ring is 1. The van der Waals surface area contributed by atoms with Gasteiger partial charge in [0, 0.05) is 18.1 Å². The Morgan fingerprint density at radius 1 is 1.26 bits per heavy atom. The number of imidazole rings is 1. The minimum Gasteiger partial charge on any atom is -0.450 e. The number of unbranched alkanes of at least 4 members (excludes halogenated alkanes) is 1. The number of ether oxygens (including phenoxy) is 1. The summed E-state index contributed by atoms with van der Waals surface area (Å²) < 4.78 is 7.01. The second-order valence-corrected chi connectivity index (χ2v) is 6.59. The highest BCUT2D eigenvalue weighted by Crippen LogP contribution is 2.18. The predicted molar refractivity (Wildman–Crippen MR) is 104 cm³/mol. The van der Waals surface area contributed by atoms with Gasteiger partial charge in [0.1, 0.15) is 5.52 Å². The Bertz CT molecular complexity index is 946. The second-order valence-electron chi connectivity index (χ2n) is 5.81. The highest BCUT2D eigenvalue weighted by Gasteiger charge is 2.10. The molecule has 0 atom stereocenters. The van der Waals surface area contributed by atoms with Crippen LogP contribution in [0, 0.1) is 0 Å². The third-order valence-electron chi connectivity index (χ3n) is 3.82. The molecule has 142 valence electrons. The summed E-state index contributed by atoms with van der Waals surface area (Å²) in [5.41, 5.74) is 7.80. The van der Waals surface area contributed by atoms with Crippen LogP contribution in [0.3, 0.4) is 0 Å². The molecule has 0 aliphatic rings. The molecule has 0 fully saturated rings. The standard InChI is InChI=1S/C17H18Cl2N6O2/c18-12-5-3-4-11(8-12)9-21-17(26)27-7-2-1-6-25-10-22-13-14(20)23-16(19)24-15(13)25/h3-5,8,10H,1-2,6-7,9H2,(H,21,26)(H2,20,23,24). The number of fused-ring (bicyclic) bond motifs is 1. The van der Waals surface area contributed by atoms with Crippen molar-refractivity contribution in [3.8, 4) is 0 Å². The van der Waals surface area contributed by atoms with Crippen LogP contribution in [-0.4, -0.2) is 32.2 Å². The van der Waals surface area contributed by atoms with E-state index < -0.39 is 6.09 Å². The van der Waals surface area contributed by atoms with E-state index in [-0.39, 0.29) is 11.1 Å². The van der Waals surface area contributed by atoms with Crippen molar-refractivity contribution in [3.63, 3.8) is 0 Å². The monoisotopic (exact) mass is 408 g/mol. The molecule has 0 unspecified atom stereocenters. The molecule has 0 spiro atoms. The number of aryl methyl sites for hydroxylation is 1. The number of nitrogens with two attached hydrogens (primary N) is 1. The summed E-state index contributed by atoms with van der Waals surface area (Å²) in [6.07, 6.45) is 2.65. The third-order valence-corrected chi connectivity index (χ3v) is 4.22. The van der Waals surface area contributed by atoms with Crippen LogP contribution in [0.25, 0.3) is 11.2 Å². The van der Waals surface area contributed by atoms with Gasteiger partial charge in [-0.15, -0.1) is 0 Å². The van der Waals surface area contributed by atoms with Gasteiger partial charge in [-0.3, -0.25) is 0 Å². The number of aromatic nitrogens is 4. The first-order valence-electron chi connectivity index (χ1n) is 8.32. The number of nitrogens with zero attached hydrogens (tertiary/aromatic N) is 4. The molecule has 2 aromatic heterocycles. The summed E-state index contributed by atoms with van der Waals surface area (Å²) in [5.74, 6) is 0.253. The quantitative estimate of drug-likeness (QED) is 0.457. The highest BCUT2D eigenvalue weighted by atomic mass is 35.5. The lowest BCUT2D eigenvalue weighted by Gasteiger charge is -2.08. The van der Waals surface area contributed by atoms with E-state index >= 15 is 0 Å². The van der Waals surface area contributed by atoms with E-state index in [1.165, 1.54) is 0 Å². The van der Waals surface area contributed by atoms with Gasteiger partial charge in [-0.05, 0) is 42.1 Å². The lowest BCUT2D eigenvalue weighted by Crippen LogP contribution is -2.24. The molecule has 3 N–H and O–H groups in total. The number of alkyl carbamates (subject to hydrolysis) is 1. The topological polar surface area (TPSA) is 108 Å². The summed E-state index contributed by atoms with van der Waals surface area (Å²) in [4.78, 5) is 23.9. The maximum atomic E-state index is 11.7. The average molecular weight is 409 g/mol.